The maximum atomic E-state index is 12.5. The molecule has 0 saturated carbocycles. The standard InChI is InChI=1S/C24H23NO4S/c1-25(2)30(27,28)23-10-6-9-21(17-23)24(26)16-13-19-11-14-22(15-12-19)29-18-20-7-4-3-5-8-20/h3-17H,18H2,1-2H3/b16-13+. The number of ether oxygens (including phenoxy) is 1. The van der Waals surface area contributed by atoms with Crippen molar-refractivity contribution in [2.75, 3.05) is 14.1 Å². The molecule has 0 saturated heterocycles. The van der Waals surface area contributed by atoms with E-state index in [4.69, 9.17) is 4.74 Å². The van der Waals surface area contributed by atoms with Crippen molar-refractivity contribution >= 4 is 21.9 Å². The predicted molar refractivity (Wildman–Crippen MR) is 118 cm³/mol. The third-order valence-corrected chi connectivity index (χ3v) is 6.26. The first kappa shape index (κ1) is 21.5. The van der Waals surface area contributed by atoms with Crippen molar-refractivity contribution < 1.29 is 17.9 Å². The number of carbonyl (C=O) groups excluding carboxylic acids is 1. The van der Waals surface area contributed by atoms with Gasteiger partial charge in [-0.2, -0.15) is 0 Å². The van der Waals surface area contributed by atoms with Crippen LogP contribution >= 0.6 is 0 Å². The molecule has 0 aromatic heterocycles. The highest BCUT2D eigenvalue weighted by atomic mass is 32.2. The third-order valence-electron chi connectivity index (χ3n) is 4.45. The first-order valence-electron chi connectivity index (χ1n) is 9.38. The summed E-state index contributed by atoms with van der Waals surface area (Å²) in [7, 11) is -0.677. The number of sulfonamides is 1. The molecule has 0 heterocycles. The van der Waals surface area contributed by atoms with Crippen molar-refractivity contribution in [2.45, 2.75) is 11.5 Å². The third kappa shape index (κ3) is 5.43. The SMILES string of the molecule is CN(C)S(=O)(=O)c1cccc(C(=O)/C=C/c2ccc(OCc3ccccc3)cc2)c1. The molecule has 0 atom stereocenters. The van der Waals surface area contributed by atoms with Gasteiger partial charge in [0.2, 0.25) is 10.0 Å². The molecule has 0 radical (unpaired) electrons. The Kier molecular flexibility index (Phi) is 6.82. The van der Waals surface area contributed by atoms with Gasteiger partial charge in [-0.1, -0.05) is 60.7 Å². The largest absolute Gasteiger partial charge is 0.489 e. The molecule has 0 aliphatic carbocycles. The number of hydrogen-bond acceptors (Lipinski definition) is 4. The lowest BCUT2D eigenvalue weighted by Crippen LogP contribution is -2.22. The number of benzene rings is 3. The molecule has 154 valence electrons. The molecule has 30 heavy (non-hydrogen) atoms. The topological polar surface area (TPSA) is 63.7 Å². The molecule has 0 aliphatic rings. The van der Waals surface area contributed by atoms with E-state index < -0.39 is 10.0 Å². The van der Waals surface area contributed by atoms with Gasteiger partial charge in [-0.05, 0) is 41.5 Å². The van der Waals surface area contributed by atoms with Gasteiger partial charge < -0.3 is 4.74 Å². The van der Waals surface area contributed by atoms with Crippen molar-refractivity contribution in [3.8, 4) is 5.75 Å². The summed E-state index contributed by atoms with van der Waals surface area (Å²) in [6.07, 6.45) is 3.12. The second-order valence-electron chi connectivity index (χ2n) is 6.86. The molecule has 0 spiro atoms. The van der Waals surface area contributed by atoms with Crippen LogP contribution in [-0.4, -0.2) is 32.6 Å². The highest BCUT2D eigenvalue weighted by molar-refractivity contribution is 7.89. The quantitative estimate of drug-likeness (QED) is 0.399. The van der Waals surface area contributed by atoms with Crippen LogP contribution in [0.3, 0.4) is 0 Å². The average Bonchev–Trinajstić information content (AvgIpc) is 2.77. The summed E-state index contributed by atoms with van der Waals surface area (Å²) < 4.78 is 31.4. The number of carbonyl (C=O) groups is 1. The van der Waals surface area contributed by atoms with Gasteiger partial charge in [0, 0.05) is 19.7 Å². The fourth-order valence-corrected chi connectivity index (χ4v) is 3.65. The summed E-state index contributed by atoms with van der Waals surface area (Å²) in [4.78, 5) is 12.6. The van der Waals surface area contributed by atoms with Crippen molar-refractivity contribution in [3.63, 3.8) is 0 Å². The van der Waals surface area contributed by atoms with Gasteiger partial charge in [0.25, 0.3) is 0 Å². The maximum Gasteiger partial charge on any atom is 0.242 e. The van der Waals surface area contributed by atoms with Crippen LogP contribution in [0.15, 0.2) is 89.8 Å². The predicted octanol–water partition coefficient (Wildman–Crippen LogP) is 4.41. The van der Waals surface area contributed by atoms with Gasteiger partial charge in [0.15, 0.2) is 5.78 Å². The van der Waals surface area contributed by atoms with Crippen LogP contribution in [-0.2, 0) is 16.6 Å². The zero-order chi connectivity index (χ0) is 21.6. The maximum absolute atomic E-state index is 12.5. The molecule has 0 bridgehead atoms. The van der Waals surface area contributed by atoms with Crippen LogP contribution in [0.5, 0.6) is 5.75 Å². The van der Waals surface area contributed by atoms with Gasteiger partial charge >= 0.3 is 0 Å². The van der Waals surface area contributed by atoms with E-state index in [2.05, 4.69) is 0 Å². The molecular weight excluding hydrogens is 398 g/mol. The Hall–Kier alpha value is -3.22. The Morgan fingerprint density at radius 3 is 2.30 bits per heavy atom. The van der Waals surface area contributed by atoms with Gasteiger partial charge in [-0.3, -0.25) is 4.79 Å². The molecule has 3 rings (SSSR count). The smallest absolute Gasteiger partial charge is 0.242 e. The van der Waals surface area contributed by atoms with Gasteiger partial charge in [-0.15, -0.1) is 0 Å². The number of rotatable bonds is 8. The summed E-state index contributed by atoms with van der Waals surface area (Å²) in [6.45, 7) is 0.487. The summed E-state index contributed by atoms with van der Waals surface area (Å²) in [5.74, 6) is 0.471. The minimum Gasteiger partial charge on any atom is -0.489 e. The number of ketones is 1. The van der Waals surface area contributed by atoms with E-state index in [1.165, 1.54) is 32.3 Å². The highest BCUT2D eigenvalue weighted by Crippen LogP contribution is 2.17. The van der Waals surface area contributed by atoms with E-state index in [1.807, 2.05) is 54.6 Å². The van der Waals surface area contributed by atoms with Crippen LogP contribution in [0.2, 0.25) is 0 Å². The van der Waals surface area contributed by atoms with Crippen molar-refractivity contribution in [2.24, 2.45) is 0 Å². The minimum absolute atomic E-state index is 0.0895. The van der Waals surface area contributed by atoms with Crippen molar-refractivity contribution in [3.05, 3.63) is 102 Å². The summed E-state index contributed by atoms with van der Waals surface area (Å²) in [6, 6.07) is 23.3. The Morgan fingerprint density at radius 1 is 0.933 bits per heavy atom. The molecule has 0 unspecified atom stereocenters. The lowest BCUT2D eigenvalue weighted by molar-refractivity contribution is 0.104. The van der Waals surface area contributed by atoms with Crippen molar-refractivity contribution in [1.29, 1.82) is 0 Å². The fraction of sp³-hybridized carbons (Fsp3) is 0.125. The fourth-order valence-electron chi connectivity index (χ4n) is 2.70. The Labute approximate surface area is 177 Å². The first-order chi connectivity index (χ1) is 14.4. The summed E-state index contributed by atoms with van der Waals surface area (Å²) >= 11 is 0. The van der Waals surface area contributed by atoms with Crippen LogP contribution in [0.4, 0.5) is 0 Å². The molecule has 0 N–H and O–H groups in total. The van der Waals surface area contributed by atoms with Gasteiger partial charge in [-0.25, -0.2) is 12.7 Å². The Bertz CT molecular complexity index is 1140. The van der Waals surface area contributed by atoms with Crippen LogP contribution in [0.25, 0.3) is 6.08 Å². The lowest BCUT2D eigenvalue weighted by atomic mass is 10.1. The normalized spacial score (nSPS) is 11.7. The number of nitrogens with zero attached hydrogens (tertiary/aromatic N) is 1. The average molecular weight is 422 g/mol. The van der Waals surface area contributed by atoms with Crippen LogP contribution in [0, 0.1) is 0 Å². The highest BCUT2D eigenvalue weighted by Gasteiger charge is 2.18. The Balaban J connectivity index is 1.65. The first-order valence-corrected chi connectivity index (χ1v) is 10.8. The number of hydrogen-bond donors (Lipinski definition) is 0. The van der Waals surface area contributed by atoms with E-state index in [0.717, 1.165) is 21.2 Å². The van der Waals surface area contributed by atoms with E-state index in [0.29, 0.717) is 12.2 Å². The van der Waals surface area contributed by atoms with E-state index in [-0.39, 0.29) is 10.7 Å². The van der Waals surface area contributed by atoms with Gasteiger partial charge in [0.05, 0.1) is 4.90 Å². The van der Waals surface area contributed by atoms with E-state index >= 15 is 0 Å². The molecular formula is C24H23NO4S. The van der Waals surface area contributed by atoms with Crippen molar-refractivity contribution in [1.82, 2.24) is 4.31 Å². The van der Waals surface area contributed by atoms with Crippen LogP contribution in [0.1, 0.15) is 21.5 Å². The van der Waals surface area contributed by atoms with Crippen LogP contribution < -0.4 is 4.74 Å². The number of allylic oxidation sites excluding steroid dienone is 1. The molecule has 0 aliphatic heterocycles. The zero-order valence-electron chi connectivity index (χ0n) is 16.9. The molecule has 3 aromatic rings. The molecule has 3 aromatic carbocycles. The molecule has 6 heteroatoms. The second kappa shape index (κ2) is 9.52. The molecule has 0 amide bonds. The minimum atomic E-state index is -3.59. The summed E-state index contributed by atoms with van der Waals surface area (Å²) in [5, 5.41) is 0. The Morgan fingerprint density at radius 2 is 1.63 bits per heavy atom. The molecule has 0 fully saturated rings. The second-order valence-corrected chi connectivity index (χ2v) is 9.01. The molecule has 5 nitrogen and oxygen atoms in total. The van der Waals surface area contributed by atoms with Gasteiger partial charge in [0.1, 0.15) is 12.4 Å². The van der Waals surface area contributed by atoms with E-state index in [9.17, 15) is 13.2 Å². The monoisotopic (exact) mass is 421 g/mol. The lowest BCUT2D eigenvalue weighted by Gasteiger charge is -2.11. The van der Waals surface area contributed by atoms with E-state index in [1.54, 1.807) is 18.2 Å². The zero-order valence-corrected chi connectivity index (χ0v) is 17.7. The summed E-state index contributed by atoms with van der Waals surface area (Å²) in [5.41, 5.74) is 2.25.